The van der Waals surface area contributed by atoms with Crippen molar-refractivity contribution < 1.29 is 19.0 Å². The van der Waals surface area contributed by atoms with Crippen molar-refractivity contribution in [2.45, 2.75) is 38.6 Å². The first kappa shape index (κ1) is 19.1. The molecule has 0 aliphatic heterocycles. The molecule has 0 radical (unpaired) electrons. The molecule has 1 aliphatic rings. The predicted octanol–water partition coefficient (Wildman–Crippen LogP) is 3.54. The Morgan fingerprint density at radius 2 is 1.78 bits per heavy atom. The van der Waals surface area contributed by atoms with Gasteiger partial charge < -0.3 is 19.5 Å². The fourth-order valence-electron chi connectivity index (χ4n) is 3.28. The van der Waals surface area contributed by atoms with Crippen molar-refractivity contribution in [1.82, 2.24) is 5.32 Å². The predicted molar refractivity (Wildman–Crippen MR) is 105 cm³/mol. The molecular formula is C22H27NO4. The monoisotopic (exact) mass is 369 g/mol. The molecule has 1 aliphatic carbocycles. The Hall–Kier alpha value is -2.69. The average molecular weight is 369 g/mol. The van der Waals surface area contributed by atoms with E-state index in [0.717, 1.165) is 30.1 Å². The molecule has 5 heteroatoms. The molecule has 27 heavy (non-hydrogen) atoms. The van der Waals surface area contributed by atoms with Gasteiger partial charge in [0.05, 0.1) is 13.2 Å². The van der Waals surface area contributed by atoms with E-state index in [9.17, 15) is 4.79 Å². The lowest BCUT2D eigenvalue weighted by Crippen LogP contribution is -2.39. The quantitative estimate of drug-likeness (QED) is 0.773. The van der Waals surface area contributed by atoms with Gasteiger partial charge in [0, 0.05) is 0 Å². The fourth-order valence-corrected chi connectivity index (χ4v) is 3.28. The summed E-state index contributed by atoms with van der Waals surface area (Å²) in [5.74, 6) is 2.21. The van der Waals surface area contributed by atoms with Crippen LogP contribution in [0.4, 0.5) is 0 Å². The summed E-state index contributed by atoms with van der Waals surface area (Å²) in [6, 6.07) is 13.4. The molecule has 0 saturated carbocycles. The summed E-state index contributed by atoms with van der Waals surface area (Å²) < 4.78 is 16.6. The van der Waals surface area contributed by atoms with Gasteiger partial charge in [0.1, 0.15) is 23.9 Å². The van der Waals surface area contributed by atoms with Gasteiger partial charge in [-0.2, -0.15) is 0 Å². The molecule has 0 fully saturated rings. The molecule has 1 amide bonds. The van der Waals surface area contributed by atoms with Crippen molar-refractivity contribution in [3.05, 3.63) is 53.6 Å². The maximum Gasteiger partial charge on any atom is 0.258 e. The van der Waals surface area contributed by atoms with Gasteiger partial charge in [-0.1, -0.05) is 12.1 Å². The lowest BCUT2D eigenvalue weighted by atomic mass is 9.91. The molecule has 2 aromatic carbocycles. The minimum Gasteiger partial charge on any atom is -0.497 e. The third kappa shape index (κ3) is 5.39. The van der Waals surface area contributed by atoms with Crippen LogP contribution >= 0.6 is 0 Å². The zero-order chi connectivity index (χ0) is 19.1. The van der Waals surface area contributed by atoms with E-state index in [1.807, 2.05) is 43.3 Å². The van der Waals surface area contributed by atoms with Crippen molar-refractivity contribution in [2.75, 3.05) is 20.3 Å². The van der Waals surface area contributed by atoms with E-state index in [0.29, 0.717) is 6.61 Å². The van der Waals surface area contributed by atoms with E-state index in [2.05, 4.69) is 11.4 Å². The van der Waals surface area contributed by atoms with E-state index >= 15 is 0 Å². The highest BCUT2D eigenvalue weighted by Gasteiger charge is 2.15. The number of benzene rings is 2. The summed E-state index contributed by atoms with van der Waals surface area (Å²) in [4.78, 5) is 12.2. The molecule has 0 unspecified atom stereocenters. The summed E-state index contributed by atoms with van der Waals surface area (Å²) >= 11 is 0. The summed E-state index contributed by atoms with van der Waals surface area (Å²) in [5.41, 5.74) is 2.60. The normalized spacial score (nSPS) is 14.0. The van der Waals surface area contributed by atoms with Gasteiger partial charge in [-0.05, 0) is 74.1 Å². The molecule has 144 valence electrons. The highest BCUT2D eigenvalue weighted by molar-refractivity contribution is 5.77. The Morgan fingerprint density at radius 3 is 2.56 bits per heavy atom. The van der Waals surface area contributed by atoms with Crippen molar-refractivity contribution in [3.8, 4) is 17.2 Å². The summed E-state index contributed by atoms with van der Waals surface area (Å²) in [6.07, 6.45) is 4.53. The third-order valence-electron chi connectivity index (χ3n) is 4.68. The van der Waals surface area contributed by atoms with E-state index in [4.69, 9.17) is 14.2 Å². The van der Waals surface area contributed by atoms with Gasteiger partial charge in [-0.15, -0.1) is 0 Å². The van der Waals surface area contributed by atoms with Crippen LogP contribution in [-0.4, -0.2) is 32.3 Å². The first-order valence-electron chi connectivity index (χ1n) is 9.45. The number of carbonyl (C=O) groups excluding carboxylic acids is 1. The van der Waals surface area contributed by atoms with Crippen LogP contribution in [0, 0.1) is 0 Å². The van der Waals surface area contributed by atoms with Crippen molar-refractivity contribution >= 4 is 5.91 Å². The second-order valence-corrected chi connectivity index (χ2v) is 6.84. The Kier molecular flexibility index (Phi) is 6.58. The molecule has 0 aromatic heterocycles. The largest absolute Gasteiger partial charge is 0.497 e. The van der Waals surface area contributed by atoms with E-state index in [1.165, 1.54) is 24.0 Å². The summed E-state index contributed by atoms with van der Waals surface area (Å²) in [6.45, 7) is 2.31. The van der Waals surface area contributed by atoms with E-state index < -0.39 is 0 Å². The summed E-state index contributed by atoms with van der Waals surface area (Å²) in [7, 11) is 1.63. The molecule has 0 bridgehead atoms. The van der Waals surface area contributed by atoms with Gasteiger partial charge in [0.2, 0.25) is 0 Å². The number of ether oxygens (including phenoxy) is 3. The van der Waals surface area contributed by atoms with Gasteiger partial charge in [-0.25, -0.2) is 0 Å². The molecule has 5 nitrogen and oxygen atoms in total. The molecule has 0 saturated heterocycles. The van der Waals surface area contributed by atoms with Crippen LogP contribution < -0.4 is 19.5 Å². The average Bonchev–Trinajstić information content (AvgIpc) is 2.71. The Morgan fingerprint density at radius 1 is 1.04 bits per heavy atom. The SMILES string of the molecule is COc1ccc(OC[C@@H](C)NC(=O)COc2cccc3c2CCCC3)cc1. The first-order valence-corrected chi connectivity index (χ1v) is 9.45. The Balaban J connectivity index is 1.43. The smallest absolute Gasteiger partial charge is 0.258 e. The second-order valence-electron chi connectivity index (χ2n) is 6.84. The number of amides is 1. The van der Waals surface area contributed by atoms with Gasteiger partial charge >= 0.3 is 0 Å². The topological polar surface area (TPSA) is 56.8 Å². The maximum atomic E-state index is 12.2. The van der Waals surface area contributed by atoms with Crippen LogP contribution in [0.15, 0.2) is 42.5 Å². The number of methoxy groups -OCH3 is 1. The van der Waals surface area contributed by atoms with Crippen molar-refractivity contribution in [2.24, 2.45) is 0 Å². The van der Waals surface area contributed by atoms with E-state index in [1.54, 1.807) is 7.11 Å². The van der Waals surface area contributed by atoms with E-state index in [-0.39, 0.29) is 18.6 Å². The highest BCUT2D eigenvalue weighted by Crippen LogP contribution is 2.29. The number of fused-ring (bicyclic) bond motifs is 1. The second kappa shape index (κ2) is 9.31. The molecule has 0 heterocycles. The number of hydrogen-bond donors (Lipinski definition) is 1. The highest BCUT2D eigenvalue weighted by atomic mass is 16.5. The fraction of sp³-hybridized carbons (Fsp3) is 0.409. The number of hydrogen-bond acceptors (Lipinski definition) is 4. The summed E-state index contributed by atoms with van der Waals surface area (Å²) in [5, 5.41) is 2.91. The minimum atomic E-state index is -0.144. The Labute approximate surface area is 160 Å². The zero-order valence-electron chi connectivity index (χ0n) is 16.0. The van der Waals surface area contributed by atoms with Gasteiger partial charge in [0.25, 0.3) is 5.91 Å². The molecule has 1 atom stereocenters. The van der Waals surface area contributed by atoms with Crippen LogP contribution in [0.5, 0.6) is 17.2 Å². The molecule has 3 rings (SSSR count). The molecule has 2 aromatic rings. The van der Waals surface area contributed by atoms with Crippen molar-refractivity contribution in [1.29, 1.82) is 0 Å². The Bertz CT molecular complexity index is 757. The standard InChI is InChI=1S/C22H27NO4/c1-16(14-26-19-12-10-18(25-2)11-13-19)23-22(24)15-27-21-9-5-7-17-6-3-4-8-20(17)21/h5,7,9-13,16H,3-4,6,8,14-15H2,1-2H3,(H,23,24)/t16-/m1/s1. The van der Waals surface area contributed by atoms with Crippen LogP contribution in [0.25, 0.3) is 0 Å². The molecular weight excluding hydrogens is 342 g/mol. The van der Waals surface area contributed by atoms with Gasteiger partial charge in [0.15, 0.2) is 6.61 Å². The minimum absolute atomic E-state index is 0.0172. The lowest BCUT2D eigenvalue weighted by Gasteiger charge is -2.20. The first-order chi connectivity index (χ1) is 13.2. The van der Waals surface area contributed by atoms with Crippen LogP contribution in [0.1, 0.15) is 30.9 Å². The van der Waals surface area contributed by atoms with Crippen LogP contribution in [0.3, 0.4) is 0 Å². The maximum absolute atomic E-state index is 12.2. The third-order valence-corrected chi connectivity index (χ3v) is 4.68. The number of carbonyl (C=O) groups is 1. The van der Waals surface area contributed by atoms with Crippen LogP contribution in [-0.2, 0) is 17.6 Å². The van der Waals surface area contributed by atoms with Gasteiger partial charge in [-0.3, -0.25) is 4.79 Å². The molecule has 0 spiro atoms. The number of rotatable bonds is 8. The zero-order valence-corrected chi connectivity index (χ0v) is 16.0. The van der Waals surface area contributed by atoms with Crippen LogP contribution in [0.2, 0.25) is 0 Å². The van der Waals surface area contributed by atoms with Crippen molar-refractivity contribution in [3.63, 3.8) is 0 Å². The lowest BCUT2D eigenvalue weighted by molar-refractivity contribution is -0.123. The number of aryl methyl sites for hydroxylation is 1. The number of nitrogens with one attached hydrogen (secondary N) is 1. The molecule has 1 N–H and O–H groups in total.